The first-order chi connectivity index (χ1) is 10.8. The molecule has 0 saturated carbocycles. The Labute approximate surface area is 137 Å². The smallest absolute Gasteiger partial charge is 0.226 e. The fraction of sp³-hybridized carbons (Fsp3) is 0.474. The van der Waals surface area contributed by atoms with E-state index in [4.69, 9.17) is 0 Å². The Bertz CT molecular complexity index is 720. The molecular weight excluding hydrogens is 286 g/mol. The molecule has 1 atom stereocenters. The summed E-state index contributed by atoms with van der Waals surface area (Å²) in [4.78, 5) is 12.2. The minimum atomic E-state index is -0.162. The molecule has 0 fully saturated rings. The highest BCUT2D eigenvalue weighted by atomic mass is 16.1. The van der Waals surface area contributed by atoms with Crippen molar-refractivity contribution in [1.29, 1.82) is 0 Å². The number of amides is 1. The van der Waals surface area contributed by atoms with Crippen LogP contribution in [0.25, 0.3) is 0 Å². The highest BCUT2D eigenvalue weighted by molar-refractivity contribution is 5.94. The molecule has 1 N–H and O–H groups in total. The number of anilines is 1. The molecule has 0 aliphatic carbocycles. The van der Waals surface area contributed by atoms with E-state index in [1.807, 2.05) is 10.9 Å². The summed E-state index contributed by atoms with van der Waals surface area (Å²) < 4.78 is 1.91. The lowest BCUT2D eigenvalue weighted by atomic mass is 9.86. The average molecular weight is 311 g/mol. The molecule has 1 aliphatic rings. The summed E-state index contributed by atoms with van der Waals surface area (Å²) in [5.41, 5.74) is 3.44. The number of nitrogens with one attached hydrogen (secondary N) is 1. The number of carbonyl (C=O) groups is 1. The van der Waals surface area contributed by atoms with Crippen molar-refractivity contribution in [3.8, 4) is 0 Å². The van der Waals surface area contributed by atoms with Gasteiger partial charge < -0.3 is 5.32 Å². The number of aromatic nitrogens is 2. The van der Waals surface area contributed by atoms with Crippen LogP contribution in [0.1, 0.15) is 69.6 Å². The Morgan fingerprint density at radius 1 is 1.22 bits per heavy atom. The zero-order valence-electron chi connectivity index (χ0n) is 14.6. The zero-order valence-corrected chi connectivity index (χ0v) is 14.6. The molecule has 4 nitrogen and oxygen atoms in total. The highest BCUT2D eigenvalue weighted by Gasteiger charge is 2.32. The van der Waals surface area contributed by atoms with Crippen molar-refractivity contribution in [2.24, 2.45) is 0 Å². The second kappa shape index (κ2) is 5.52. The van der Waals surface area contributed by atoms with Crippen LogP contribution in [0.5, 0.6) is 0 Å². The number of fused-ring (bicyclic) bond motifs is 1. The predicted molar refractivity (Wildman–Crippen MR) is 92.8 cm³/mol. The van der Waals surface area contributed by atoms with Gasteiger partial charge in [-0.15, -0.1) is 0 Å². The van der Waals surface area contributed by atoms with Gasteiger partial charge in [0.05, 0.1) is 11.7 Å². The predicted octanol–water partition coefficient (Wildman–Crippen LogP) is 4.24. The van der Waals surface area contributed by atoms with Gasteiger partial charge in [-0.05, 0) is 37.8 Å². The summed E-state index contributed by atoms with van der Waals surface area (Å²) >= 11 is 0. The van der Waals surface area contributed by atoms with E-state index in [2.05, 4.69) is 69.3 Å². The van der Waals surface area contributed by atoms with Crippen LogP contribution in [0.3, 0.4) is 0 Å². The van der Waals surface area contributed by atoms with Gasteiger partial charge in [-0.25, -0.2) is 4.68 Å². The van der Waals surface area contributed by atoms with E-state index in [9.17, 15) is 4.79 Å². The number of hydrogen-bond acceptors (Lipinski definition) is 2. The Balaban J connectivity index is 2.02. The van der Waals surface area contributed by atoms with Crippen molar-refractivity contribution in [2.45, 2.75) is 58.4 Å². The summed E-state index contributed by atoms with van der Waals surface area (Å²) in [6.07, 6.45) is 2.38. The van der Waals surface area contributed by atoms with E-state index in [1.165, 1.54) is 11.1 Å². The second-order valence-corrected chi connectivity index (χ2v) is 7.66. The lowest BCUT2D eigenvalue weighted by Gasteiger charge is -2.28. The van der Waals surface area contributed by atoms with Crippen molar-refractivity contribution in [2.75, 3.05) is 5.32 Å². The van der Waals surface area contributed by atoms with Crippen molar-refractivity contribution in [3.63, 3.8) is 0 Å². The number of carbonyl (C=O) groups excluding carboxylic acids is 1. The third kappa shape index (κ3) is 2.90. The van der Waals surface area contributed by atoms with Crippen LogP contribution in [0.15, 0.2) is 30.5 Å². The second-order valence-electron chi connectivity index (χ2n) is 7.66. The summed E-state index contributed by atoms with van der Waals surface area (Å²) in [5.74, 6) is 1.49. The van der Waals surface area contributed by atoms with Gasteiger partial charge in [-0.2, -0.15) is 5.10 Å². The maximum atomic E-state index is 12.2. The van der Waals surface area contributed by atoms with Gasteiger partial charge >= 0.3 is 0 Å². The Kier molecular flexibility index (Phi) is 3.78. The van der Waals surface area contributed by atoms with E-state index in [-0.39, 0.29) is 17.4 Å². The maximum absolute atomic E-state index is 12.2. The molecular formula is C19H25N3O. The van der Waals surface area contributed by atoms with Crippen molar-refractivity contribution in [1.82, 2.24) is 9.78 Å². The Hall–Kier alpha value is -2.10. The fourth-order valence-electron chi connectivity index (χ4n) is 3.14. The van der Waals surface area contributed by atoms with Crippen LogP contribution in [0.2, 0.25) is 0 Å². The summed E-state index contributed by atoms with van der Waals surface area (Å²) in [5, 5.41) is 7.53. The molecule has 1 amide bonds. The Morgan fingerprint density at radius 2 is 1.87 bits per heavy atom. The molecule has 0 spiro atoms. The molecule has 0 bridgehead atoms. The quantitative estimate of drug-likeness (QED) is 0.902. The highest BCUT2D eigenvalue weighted by Crippen LogP contribution is 2.39. The van der Waals surface area contributed by atoms with Crippen molar-refractivity contribution < 1.29 is 4.79 Å². The number of benzene rings is 1. The van der Waals surface area contributed by atoms with Crippen LogP contribution < -0.4 is 5.32 Å². The summed E-state index contributed by atoms with van der Waals surface area (Å²) in [7, 11) is 0. The molecule has 1 aromatic heterocycles. The summed E-state index contributed by atoms with van der Waals surface area (Å²) in [6, 6.07) is 8.63. The topological polar surface area (TPSA) is 46.9 Å². The molecule has 2 aromatic rings. The molecule has 1 aliphatic heterocycles. The van der Waals surface area contributed by atoms with Crippen LogP contribution in [-0.4, -0.2) is 15.7 Å². The molecule has 1 aromatic carbocycles. The average Bonchev–Trinajstić information content (AvgIpc) is 2.90. The SMILES string of the molecule is CC(C)c1ccc([C@H]2CC(=O)Nc3c2cnn3C(C)(C)C)cc1. The third-order valence-electron chi connectivity index (χ3n) is 4.46. The van der Waals surface area contributed by atoms with Gasteiger partial charge in [0, 0.05) is 17.9 Å². The minimum Gasteiger partial charge on any atom is -0.311 e. The monoisotopic (exact) mass is 311 g/mol. The van der Waals surface area contributed by atoms with Gasteiger partial charge in [-0.1, -0.05) is 38.1 Å². The van der Waals surface area contributed by atoms with E-state index < -0.39 is 0 Å². The number of rotatable bonds is 2. The number of nitrogens with zero attached hydrogens (tertiary/aromatic N) is 2. The van der Waals surface area contributed by atoms with Gasteiger partial charge in [0.1, 0.15) is 5.82 Å². The van der Waals surface area contributed by atoms with E-state index >= 15 is 0 Å². The largest absolute Gasteiger partial charge is 0.311 e. The third-order valence-corrected chi connectivity index (χ3v) is 4.46. The minimum absolute atomic E-state index is 0.0569. The van der Waals surface area contributed by atoms with E-state index in [0.29, 0.717) is 12.3 Å². The normalized spacial score (nSPS) is 18.0. The first-order valence-corrected chi connectivity index (χ1v) is 8.25. The molecule has 4 heteroatoms. The molecule has 122 valence electrons. The van der Waals surface area contributed by atoms with Crippen LogP contribution in [-0.2, 0) is 10.3 Å². The fourth-order valence-corrected chi connectivity index (χ4v) is 3.14. The lowest BCUT2D eigenvalue weighted by Crippen LogP contribution is -2.30. The van der Waals surface area contributed by atoms with Crippen molar-refractivity contribution in [3.05, 3.63) is 47.2 Å². The molecule has 23 heavy (non-hydrogen) atoms. The zero-order chi connectivity index (χ0) is 16.8. The molecule has 0 radical (unpaired) electrons. The van der Waals surface area contributed by atoms with Gasteiger partial charge in [0.25, 0.3) is 0 Å². The van der Waals surface area contributed by atoms with E-state index in [0.717, 1.165) is 11.4 Å². The first-order valence-electron chi connectivity index (χ1n) is 8.25. The van der Waals surface area contributed by atoms with Crippen molar-refractivity contribution >= 4 is 11.7 Å². The lowest BCUT2D eigenvalue weighted by molar-refractivity contribution is -0.116. The van der Waals surface area contributed by atoms with Crippen LogP contribution in [0, 0.1) is 0 Å². The molecule has 0 saturated heterocycles. The molecule has 3 rings (SSSR count). The van der Waals surface area contributed by atoms with Crippen LogP contribution >= 0.6 is 0 Å². The maximum Gasteiger partial charge on any atom is 0.226 e. The number of hydrogen-bond donors (Lipinski definition) is 1. The van der Waals surface area contributed by atoms with E-state index in [1.54, 1.807) is 0 Å². The van der Waals surface area contributed by atoms with Crippen LogP contribution in [0.4, 0.5) is 5.82 Å². The first kappa shape index (κ1) is 15.8. The molecule has 2 heterocycles. The van der Waals surface area contributed by atoms with Gasteiger partial charge in [0.2, 0.25) is 5.91 Å². The summed E-state index contributed by atoms with van der Waals surface area (Å²) in [6.45, 7) is 10.7. The van der Waals surface area contributed by atoms with Gasteiger partial charge in [-0.3, -0.25) is 4.79 Å². The molecule has 0 unspecified atom stereocenters. The standard InChI is InChI=1S/C19H25N3O/c1-12(2)13-6-8-14(9-7-13)15-10-17(23)21-18-16(15)11-20-22(18)19(3,4)5/h6-9,11-12,15H,10H2,1-5H3,(H,21,23)/t15-/m1/s1. The Morgan fingerprint density at radius 3 is 2.43 bits per heavy atom. The van der Waals surface area contributed by atoms with Gasteiger partial charge in [0.15, 0.2) is 0 Å².